The van der Waals surface area contributed by atoms with Crippen LogP contribution in [0.15, 0.2) is 18.2 Å². The fraction of sp³-hybridized carbons (Fsp3) is 0.500. The molecule has 2 heterocycles. The predicted molar refractivity (Wildman–Crippen MR) is 79.7 cm³/mol. The zero-order valence-electron chi connectivity index (χ0n) is 12.4. The molecule has 118 valence electrons. The number of carbonyl (C=O) groups excluding carboxylic acids is 1. The molecule has 0 bridgehead atoms. The van der Waals surface area contributed by atoms with Gasteiger partial charge in [0.25, 0.3) is 0 Å². The van der Waals surface area contributed by atoms with Crippen LogP contribution in [0.1, 0.15) is 24.0 Å². The van der Waals surface area contributed by atoms with E-state index in [1.165, 1.54) is 0 Å². The topological polar surface area (TPSA) is 78.9 Å². The van der Waals surface area contributed by atoms with Crippen LogP contribution in [0.5, 0.6) is 5.75 Å². The minimum absolute atomic E-state index is 0.156. The Bertz CT molecular complexity index is 582. The largest absolute Gasteiger partial charge is 0.482 e. The van der Waals surface area contributed by atoms with Gasteiger partial charge in [-0.05, 0) is 42.5 Å². The number of carbonyl (C=O) groups is 2. The van der Waals surface area contributed by atoms with E-state index in [1.54, 1.807) is 6.07 Å². The molecule has 0 saturated carbocycles. The van der Waals surface area contributed by atoms with Crippen molar-refractivity contribution in [3.05, 3.63) is 29.3 Å². The summed E-state index contributed by atoms with van der Waals surface area (Å²) in [7, 11) is 0. The summed E-state index contributed by atoms with van der Waals surface area (Å²) in [5.74, 6) is -0.256. The van der Waals surface area contributed by atoms with Crippen LogP contribution in [0.3, 0.4) is 0 Å². The van der Waals surface area contributed by atoms with E-state index in [1.807, 2.05) is 17.0 Å². The van der Waals surface area contributed by atoms with Crippen molar-refractivity contribution < 1.29 is 19.4 Å². The third-order valence-electron chi connectivity index (χ3n) is 4.22. The molecule has 0 aliphatic carbocycles. The number of benzene rings is 1. The number of aliphatic carboxylic acids is 1. The van der Waals surface area contributed by atoms with Crippen LogP contribution in [0, 0.1) is 0 Å². The highest BCUT2D eigenvalue weighted by molar-refractivity contribution is 5.82. The summed E-state index contributed by atoms with van der Waals surface area (Å²) in [6.45, 7) is 1.99. The van der Waals surface area contributed by atoms with Crippen LogP contribution in [-0.4, -0.2) is 47.6 Å². The fourth-order valence-corrected chi connectivity index (χ4v) is 3.06. The van der Waals surface area contributed by atoms with Gasteiger partial charge in [0.2, 0.25) is 5.91 Å². The van der Waals surface area contributed by atoms with E-state index in [-0.39, 0.29) is 18.6 Å². The first-order chi connectivity index (χ1) is 10.6. The van der Waals surface area contributed by atoms with E-state index < -0.39 is 5.97 Å². The molecular formula is C16H20N2O4. The standard InChI is InChI=1S/C16H20N2O4/c19-15(20)10-22-13-4-3-11-8-14(17-9-12(11)7-13)16(21)18-5-1-2-6-18/h3-4,7,14,17H,1-2,5-6,8-10H2,(H,19,20). The summed E-state index contributed by atoms with van der Waals surface area (Å²) in [5.41, 5.74) is 2.19. The second-order valence-corrected chi connectivity index (χ2v) is 5.78. The molecule has 2 aliphatic heterocycles. The van der Waals surface area contributed by atoms with Gasteiger partial charge in [-0.1, -0.05) is 6.07 Å². The number of carboxylic acids is 1. The number of fused-ring (bicyclic) bond motifs is 1. The average molecular weight is 304 g/mol. The van der Waals surface area contributed by atoms with Crippen LogP contribution in [0.4, 0.5) is 0 Å². The molecular weight excluding hydrogens is 284 g/mol. The van der Waals surface area contributed by atoms with Gasteiger partial charge >= 0.3 is 5.97 Å². The van der Waals surface area contributed by atoms with Crippen LogP contribution < -0.4 is 10.1 Å². The van der Waals surface area contributed by atoms with Gasteiger partial charge in [0.05, 0.1) is 6.04 Å². The lowest BCUT2D eigenvalue weighted by atomic mass is 9.95. The summed E-state index contributed by atoms with van der Waals surface area (Å²) < 4.78 is 5.19. The number of hydrogen-bond acceptors (Lipinski definition) is 4. The summed E-state index contributed by atoms with van der Waals surface area (Å²) in [6, 6.07) is 5.39. The quantitative estimate of drug-likeness (QED) is 0.859. The Hall–Kier alpha value is -2.08. The molecule has 3 rings (SSSR count). The SMILES string of the molecule is O=C(O)COc1ccc2c(c1)CNC(C(=O)N1CCCC1)C2. The normalized spacial score (nSPS) is 20.5. The van der Waals surface area contributed by atoms with Gasteiger partial charge in [0, 0.05) is 19.6 Å². The highest BCUT2D eigenvalue weighted by Crippen LogP contribution is 2.23. The monoisotopic (exact) mass is 304 g/mol. The van der Waals surface area contributed by atoms with Crippen molar-refractivity contribution in [2.45, 2.75) is 31.8 Å². The third-order valence-corrected chi connectivity index (χ3v) is 4.22. The molecule has 1 aromatic rings. The number of likely N-dealkylation sites (tertiary alicyclic amines) is 1. The van der Waals surface area contributed by atoms with Gasteiger partial charge in [-0.2, -0.15) is 0 Å². The molecule has 0 spiro atoms. The first-order valence-electron chi connectivity index (χ1n) is 7.62. The molecule has 1 saturated heterocycles. The van der Waals surface area contributed by atoms with E-state index in [9.17, 15) is 9.59 Å². The van der Waals surface area contributed by atoms with Gasteiger partial charge in [0.15, 0.2) is 6.61 Å². The van der Waals surface area contributed by atoms with E-state index in [0.717, 1.165) is 37.1 Å². The van der Waals surface area contributed by atoms with E-state index in [4.69, 9.17) is 9.84 Å². The fourth-order valence-electron chi connectivity index (χ4n) is 3.06. The van der Waals surface area contributed by atoms with Crippen molar-refractivity contribution >= 4 is 11.9 Å². The number of hydrogen-bond donors (Lipinski definition) is 2. The Labute approximate surface area is 129 Å². The smallest absolute Gasteiger partial charge is 0.341 e. The molecule has 6 nitrogen and oxygen atoms in total. The molecule has 1 atom stereocenters. The van der Waals surface area contributed by atoms with Crippen LogP contribution in [0.2, 0.25) is 0 Å². The van der Waals surface area contributed by atoms with Gasteiger partial charge in [-0.3, -0.25) is 4.79 Å². The lowest BCUT2D eigenvalue weighted by Gasteiger charge is -2.29. The lowest BCUT2D eigenvalue weighted by Crippen LogP contribution is -2.48. The zero-order valence-corrected chi connectivity index (χ0v) is 12.4. The highest BCUT2D eigenvalue weighted by Gasteiger charge is 2.29. The van der Waals surface area contributed by atoms with Crippen LogP contribution in [-0.2, 0) is 22.6 Å². The number of ether oxygens (including phenoxy) is 1. The van der Waals surface area contributed by atoms with Crippen LogP contribution in [0.25, 0.3) is 0 Å². The Morgan fingerprint density at radius 1 is 1.27 bits per heavy atom. The minimum atomic E-state index is -0.993. The molecule has 0 radical (unpaired) electrons. The predicted octanol–water partition coefficient (Wildman–Crippen LogP) is 0.787. The summed E-state index contributed by atoms with van der Waals surface area (Å²) in [6.07, 6.45) is 2.86. The van der Waals surface area contributed by atoms with Crippen LogP contribution >= 0.6 is 0 Å². The molecule has 1 unspecified atom stereocenters. The number of rotatable bonds is 4. The molecule has 22 heavy (non-hydrogen) atoms. The first-order valence-corrected chi connectivity index (χ1v) is 7.62. The van der Waals surface area contributed by atoms with Crippen molar-refractivity contribution in [1.82, 2.24) is 10.2 Å². The van der Waals surface area contributed by atoms with Crippen molar-refractivity contribution in [2.75, 3.05) is 19.7 Å². The summed E-state index contributed by atoms with van der Waals surface area (Å²) in [5, 5.41) is 11.9. The van der Waals surface area contributed by atoms with Crippen molar-refractivity contribution in [1.29, 1.82) is 0 Å². The van der Waals surface area contributed by atoms with Crippen molar-refractivity contribution in [2.24, 2.45) is 0 Å². The first kappa shape index (κ1) is 14.8. The van der Waals surface area contributed by atoms with E-state index in [0.29, 0.717) is 18.7 Å². The van der Waals surface area contributed by atoms with Gasteiger partial charge in [0.1, 0.15) is 5.75 Å². The molecule has 2 N–H and O–H groups in total. The zero-order chi connectivity index (χ0) is 15.5. The second kappa shape index (κ2) is 6.36. The Balaban J connectivity index is 1.65. The van der Waals surface area contributed by atoms with E-state index >= 15 is 0 Å². The molecule has 2 aliphatic rings. The van der Waals surface area contributed by atoms with Gasteiger partial charge in [-0.15, -0.1) is 0 Å². The molecule has 6 heteroatoms. The molecule has 0 aromatic heterocycles. The maximum Gasteiger partial charge on any atom is 0.341 e. The summed E-state index contributed by atoms with van der Waals surface area (Å²) in [4.78, 5) is 24.9. The highest BCUT2D eigenvalue weighted by atomic mass is 16.5. The molecule has 1 aromatic carbocycles. The number of amides is 1. The second-order valence-electron chi connectivity index (χ2n) is 5.78. The van der Waals surface area contributed by atoms with Crippen molar-refractivity contribution in [3.8, 4) is 5.75 Å². The number of nitrogens with one attached hydrogen (secondary N) is 1. The average Bonchev–Trinajstić information content (AvgIpc) is 3.06. The Morgan fingerprint density at radius 3 is 2.77 bits per heavy atom. The van der Waals surface area contributed by atoms with Crippen molar-refractivity contribution in [3.63, 3.8) is 0 Å². The molecule has 1 amide bonds. The van der Waals surface area contributed by atoms with Gasteiger partial charge in [-0.25, -0.2) is 4.79 Å². The maximum absolute atomic E-state index is 12.4. The van der Waals surface area contributed by atoms with Gasteiger partial charge < -0.3 is 20.1 Å². The lowest BCUT2D eigenvalue weighted by molar-refractivity contribution is -0.139. The molecule has 1 fully saturated rings. The maximum atomic E-state index is 12.4. The van der Waals surface area contributed by atoms with E-state index in [2.05, 4.69) is 5.32 Å². The Kier molecular flexibility index (Phi) is 4.29. The summed E-state index contributed by atoms with van der Waals surface area (Å²) >= 11 is 0. The minimum Gasteiger partial charge on any atom is -0.482 e. The number of nitrogens with zero attached hydrogens (tertiary/aromatic N) is 1. The Morgan fingerprint density at radius 2 is 2.05 bits per heavy atom. The third kappa shape index (κ3) is 3.22. The number of carboxylic acid groups (broad SMARTS) is 1.